The van der Waals surface area contributed by atoms with E-state index in [2.05, 4.69) is 17.1 Å². The highest BCUT2D eigenvalue weighted by Crippen LogP contribution is 1.93. The van der Waals surface area contributed by atoms with Crippen LogP contribution in [0, 0.1) is 0 Å². The molecule has 17 heavy (non-hydrogen) atoms. The van der Waals surface area contributed by atoms with Crippen molar-refractivity contribution in [2.75, 3.05) is 0 Å². The first-order chi connectivity index (χ1) is 7.90. The Morgan fingerprint density at radius 3 is 2.82 bits per heavy atom. The maximum atomic E-state index is 11.3. The van der Waals surface area contributed by atoms with Gasteiger partial charge in [0.05, 0.1) is 11.8 Å². The van der Waals surface area contributed by atoms with Gasteiger partial charge < -0.3 is 10.4 Å². The van der Waals surface area contributed by atoms with Gasteiger partial charge in [-0.2, -0.15) is 0 Å². The van der Waals surface area contributed by atoms with Gasteiger partial charge in [-0.05, 0) is 6.92 Å². The molecule has 7 nitrogen and oxygen atoms in total. The second kappa shape index (κ2) is 5.24. The lowest BCUT2D eigenvalue weighted by Crippen LogP contribution is -2.39. The van der Waals surface area contributed by atoms with E-state index in [9.17, 15) is 9.59 Å². The molecule has 2 N–H and O–H groups in total. The molecule has 0 atom stereocenters. The standard InChI is InChI=1S/C10H14N4O3/c1-7(2)10(17)11-4-8-5-14(6-9(15)16)12-13(8)3/h5H,1,4,6H2,2-3H3,(H-,11,15,16,17)/p+1. The van der Waals surface area contributed by atoms with E-state index >= 15 is 0 Å². The lowest BCUT2D eigenvalue weighted by molar-refractivity contribution is -0.744. The monoisotopic (exact) mass is 239 g/mol. The number of carbonyl (C=O) groups excluding carboxylic acids is 1. The van der Waals surface area contributed by atoms with Crippen LogP contribution in [0.3, 0.4) is 0 Å². The SMILES string of the molecule is C=C(C)C(=O)NCc1c[n+](CC(=O)O)nn1C. The van der Waals surface area contributed by atoms with Gasteiger partial charge in [0.1, 0.15) is 7.05 Å². The topological polar surface area (TPSA) is 88.1 Å². The summed E-state index contributed by atoms with van der Waals surface area (Å²) in [5, 5.41) is 15.2. The third-order valence-electron chi connectivity index (χ3n) is 2.08. The number of aryl methyl sites for hydroxylation is 1. The fourth-order valence-corrected chi connectivity index (χ4v) is 1.21. The van der Waals surface area contributed by atoms with E-state index < -0.39 is 5.97 Å². The maximum absolute atomic E-state index is 11.3. The molecule has 0 unspecified atom stereocenters. The molecule has 0 fully saturated rings. The molecule has 1 aromatic rings. The van der Waals surface area contributed by atoms with Gasteiger partial charge in [-0.3, -0.25) is 4.79 Å². The Balaban J connectivity index is 2.65. The predicted octanol–water partition coefficient (Wildman–Crippen LogP) is -1.02. The lowest BCUT2D eigenvalue weighted by Gasteiger charge is -2.00. The van der Waals surface area contributed by atoms with Crippen molar-refractivity contribution in [2.24, 2.45) is 7.05 Å². The van der Waals surface area contributed by atoms with Crippen LogP contribution in [0.2, 0.25) is 0 Å². The van der Waals surface area contributed by atoms with Gasteiger partial charge in [0.15, 0.2) is 11.9 Å². The summed E-state index contributed by atoms with van der Waals surface area (Å²) in [6, 6.07) is 0. The summed E-state index contributed by atoms with van der Waals surface area (Å²) < 4.78 is 2.81. The van der Waals surface area contributed by atoms with Crippen molar-refractivity contribution >= 4 is 11.9 Å². The normalized spacial score (nSPS) is 10.0. The summed E-state index contributed by atoms with van der Waals surface area (Å²) in [6.07, 6.45) is 1.58. The van der Waals surface area contributed by atoms with E-state index in [4.69, 9.17) is 5.11 Å². The summed E-state index contributed by atoms with van der Waals surface area (Å²) >= 11 is 0. The molecule has 0 aromatic carbocycles. The van der Waals surface area contributed by atoms with Gasteiger partial charge in [-0.15, -0.1) is 9.36 Å². The molecular formula is C10H15N4O3+. The summed E-state index contributed by atoms with van der Waals surface area (Å²) in [7, 11) is 1.68. The van der Waals surface area contributed by atoms with E-state index in [-0.39, 0.29) is 19.0 Å². The van der Waals surface area contributed by atoms with E-state index in [1.807, 2.05) is 0 Å². The highest BCUT2D eigenvalue weighted by molar-refractivity contribution is 5.91. The van der Waals surface area contributed by atoms with Gasteiger partial charge in [0, 0.05) is 5.57 Å². The van der Waals surface area contributed by atoms with Gasteiger partial charge in [0.25, 0.3) is 0 Å². The molecule has 92 valence electrons. The second-order valence-corrected chi connectivity index (χ2v) is 3.69. The zero-order valence-corrected chi connectivity index (χ0v) is 9.80. The Bertz CT molecular complexity index is 464. The van der Waals surface area contributed by atoms with Gasteiger partial charge in [0.2, 0.25) is 12.5 Å². The molecular weight excluding hydrogens is 224 g/mol. The maximum Gasteiger partial charge on any atom is 0.348 e. The molecule has 0 bridgehead atoms. The van der Waals surface area contributed by atoms with Gasteiger partial charge >= 0.3 is 5.97 Å². The van der Waals surface area contributed by atoms with Crippen molar-refractivity contribution in [2.45, 2.75) is 20.0 Å². The second-order valence-electron chi connectivity index (χ2n) is 3.69. The number of aromatic nitrogens is 3. The molecule has 0 aliphatic heterocycles. The van der Waals surface area contributed by atoms with Crippen LogP contribution in [0.4, 0.5) is 0 Å². The van der Waals surface area contributed by atoms with Crippen molar-refractivity contribution in [1.29, 1.82) is 0 Å². The van der Waals surface area contributed by atoms with E-state index in [0.29, 0.717) is 11.3 Å². The first-order valence-electron chi connectivity index (χ1n) is 4.98. The summed E-state index contributed by atoms with van der Waals surface area (Å²) in [5.41, 5.74) is 1.13. The highest BCUT2D eigenvalue weighted by atomic mass is 16.4. The Labute approximate surface area is 98.3 Å². The van der Waals surface area contributed by atoms with E-state index in [1.54, 1.807) is 20.2 Å². The predicted molar refractivity (Wildman–Crippen MR) is 57.7 cm³/mol. The molecule has 0 aliphatic carbocycles. The van der Waals surface area contributed by atoms with Crippen LogP contribution in [0.1, 0.15) is 12.6 Å². The van der Waals surface area contributed by atoms with Crippen molar-refractivity contribution in [1.82, 2.24) is 15.2 Å². The van der Waals surface area contributed by atoms with Crippen LogP contribution in [0.25, 0.3) is 0 Å². The number of aliphatic carboxylic acids is 1. The molecule has 0 spiro atoms. The molecule has 0 saturated heterocycles. The molecule has 0 radical (unpaired) electrons. The minimum absolute atomic E-state index is 0.206. The zero-order chi connectivity index (χ0) is 13.0. The van der Waals surface area contributed by atoms with Crippen LogP contribution < -0.4 is 10.00 Å². The van der Waals surface area contributed by atoms with E-state index in [1.165, 1.54) is 9.36 Å². The van der Waals surface area contributed by atoms with Gasteiger partial charge in [-0.25, -0.2) is 4.79 Å². The fourth-order valence-electron chi connectivity index (χ4n) is 1.21. The van der Waals surface area contributed by atoms with E-state index in [0.717, 1.165) is 0 Å². The van der Waals surface area contributed by atoms with Crippen LogP contribution in [-0.2, 0) is 29.7 Å². The largest absolute Gasteiger partial charge is 0.478 e. The van der Waals surface area contributed by atoms with Crippen LogP contribution >= 0.6 is 0 Å². The smallest absolute Gasteiger partial charge is 0.348 e. The third-order valence-corrected chi connectivity index (χ3v) is 2.08. The lowest BCUT2D eigenvalue weighted by atomic mass is 10.3. The fraction of sp³-hybridized carbons (Fsp3) is 0.400. The molecule has 1 heterocycles. The molecule has 1 aromatic heterocycles. The average molecular weight is 239 g/mol. The average Bonchev–Trinajstić information content (AvgIpc) is 2.54. The zero-order valence-electron chi connectivity index (χ0n) is 9.80. The molecule has 0 aliphatic rings. The summed E-state index contributed by atoms with van der Waals surface area (Å²) in [5.74, 6) is -1.21. The van der Waals surface area contributed by atoms with Crippen molar-refractivity contribution < 1.29 is 19.4 Å². The quantitative estimate of drug-likeness (QED) is 0.509. The molecule has 0 saturated carbocycles. The van der Waals surface area contributed by atoms with Crippen molar-refractivity contribution in [3.8, 4) is 0 Å². The summed E-state index contributed by atoms with van der Waals surface area (Å²) in [6.45, 7) is 5.20. The Morgan fingerprint density at radius 1 is 1.65 bits per heavy atom. The number of hydrogen-bond donors (Lipinski definition) is 2. The number of carboxylic acids is 1. The van der Waals surface area contributed by atoms with Crippen LogP contribution in [-0.4, -0.2) is 26.9 Å². The number of hydrogen-bond acceptors (Lipinski definition) is 3. The first-order valence-corrected chi connectivity index (χ1v) is 4.98. The minimum atomic E-state index is -0.967. The number of nitrogens with one attached hydrogen (secondary N) is 1. The molecule has 1 amide bonds. The third kappa shape index (κ3) is 3.71. The Morgan fingerprint density at radius 2 is 2.29 bits per heavy atom. The number of nitrogens with zero attached hydrogens (tertiary/aromatic N) is 3. The van der Waals surface area contributed by atoms with Crippen LogP contribution in [0.5, 0.6) is 0 Å². The Kier molecular flexibility index (Phi) is 3.97. The number of carbonyl (C=O) groups is 2. The number of carboxylic acid groups (broad SMARTS) is 1. The summed E-state index contributed by atoms with van der Waals surface area (Å²) in [4.78, 5) is 21.8. The number of amides is 1. The first kappa shape index (κ1) is 12.9. The van der Waals surface area contributed by atoms with Crippen molar-refractivity contribution in [3.05, 3.63) is 24.0 Å². The minimum Gasteiger partial charge on any atom is -0.478 e. The van der Waals surface area contributed by atoms with Gasteiger partial charge in [-0.1, -0.05) is 6.58 Å². The Hall–Kier alpha value is -2.18. The molecule has 7 heteroatoms. The molecule has 1 rings (SSSR count). The van der Waals surface area contributed by atoms with Crippen LogP contribution in [0.15, 0.2) is 18.3 Å². The number of rotatable bonds is 5. The highest BCUT2D eigenvalue weighted by Gasteiger charge is 2.15. The van der Waals surface area contributed by atoms with Crippen molar-refractivity contribution in [3.63, 3.8) is 0 Å².